The average molecular weight is 314 g/mol. The van der Waals surface area contributed by atoms with E-state index < -0.39 is 22.0 Å². The molecule has 0 saturated carbocycles. The molecule has 0 aliphatic carbocycles. The summed E-state index contributed by atoms with van der Waals surface area (Å²) in [4.78, 5) is 4.27. The first-order chi connectivity index (χ1) is 9.65. The van der Waals surface area contributed by atoms with Gasteiger partial charge in [0.05, 0.1) is 23.4 Å². The summed E-state index contributed by atoms with van der Waals surface area (Å²) < 4.78 is 28.3. The van der Waals surface area contributed by atoms with Gasteiger partial charge < -0.3 is 15.2 Å². The molecule has 2 atom stereocenters. The molecule has 1 saturated heterocycles. The van der Waals surface area contributed by atoms with Crippen LogP contribution in [0, 0.1) is 0 Å². The lowest BCUT2D eigenvalue weighted by molar-refractivity contribution is 0.0735. The Morgan fingerprint density at radius 2 is 2.10 bits per heavy atom. The van der Waals surface area contributed by atoms with Crippen LogP contribution in [0.2, 0.25) is 0 Å². The molecule has 0 aromatic carbocycles. The number of sulfone groups is 1. The van der Waals surface area contributed by atoms with Gasteiger partial charge in [0.25, 0.3) is 0 Å². The fourth-order valence-corrected chi connectivity index (χ4v) is 3.69. The Morgan fingerprint density at radius 1 is 1.38 bits per heavy atom. The van der Waals surface area contributed by atoms with Gasteiger partial charge in [-0.25, -0.2) is 8.42 Å². The predicted molar refractivity (Wildman–Crippen MR) is 79.9 cm³/mol. The number of nitrogens with zero attached hydrogens (tertiary/aromatic N) is 1. The number of hydrogen-bond donors (Lipinski definition) is 2. The van der Waals surface area contributed by atoms with E-state index in [9.17, 15) is 13.5 Å². The lowest BCUT2D eigenvalue weighted by Gasteiger charge is -2.20. The van der Waals surface area contributed by atoms with Gasteiger partial charge in [-0.15, -0.1) is 0 Å². The van der Waals surface area contributed by atoms with E-state index in [0.29, 0.717) is 12.3 Å². The first kappa shape index (κ1) is 16.2. The molecule has 1 aromatic heterocycles. The lowest BCUT2D eigenvalue weighted by Crippen LogP contribution is -2.35. The van der Waals surface area contributed by atoms with E-state index in [1.54, 1.807) is 12.3 Å². The fraction of sp³-hybridized carbons (Fsp3) is 0.643. The molecule has 1 aromatic rings. The van der Waals surface area contributed by atoms with E-state index >= 15 is 0 Å². The molecule has 7 heteroatoms. The third-order valence-corrected chi connectivity index (χ3v) is 4.84. The maximum Gasteiger partial charge on any atom is 0.156 e. The summed E-state index contributed by atoms with van der Waals surface area (Å²) in [5.41, 5.74) is 0.885. The van der Waals surface area contributed by atoms with Crippen LogP contribution in [0.25, 0.3) is 0 Å². The van der Waals surface area contributed by atoms with Crippen molar-refractivity contribution in [1.29, 1.82) is 0 Å². The quantitative estimate of drug-likeness (QED) is 0.842. The molecule has 2 N–H and O–H groups in total. The van der Waals surface area contributed by atoms with E-state index in [1.807, 2.05) is 6.07 Å². The van der Waals surface area contributed by atoms with Gasteiger partial charge in [-0.05, 0) is 32.9 Å². The van der Waals surface area contributed by atoms with Crippen LogP contribution in [-0.2, 0) is 16.4 Å². The zero-order valence-electron chi connectivity index (χ0n) is 12.5. The second-order valence-corrected chi connectivity index (χ2v) is 8.54. The molecule has 2 heterocycles. The smallest absolute Gasteiger partial charge is 0.156 e. The number of ether oxygens (including phenoxy) is 1. The molecule has 0 radical (unpaired) electrons. The van der Waals surface area contributed by atoms with Crippen LogP contribution in [0.15, 0.2) is 18.3 Å². The Balaban J connectivity index is 1.94. The summed E-state index contributed by atoms with van der Waals surface area (Å²) in [6.45, 7) is 6.87. The highest BCUT2D eigenvalue weighted by Crippen LogP contribution is 2.20. The number of hydrogen-bond acceptors (Lipinski definition) is 6. The Morgan fingerprint density at radius 3 is 2.57 bits per heavy atom. The molecule has 2 unspecified atom stereocenters. The summed E-state index contributed by atoms with van der Waals surface area (Å²) in [5.74, 6) is 0.0795. The molecule has 2 rings (SSSR count). The van der Waals surface area contributed by atoms with Crippen LogP contribution in [-0.4, -0.2) is 47.8 Å². The van der Waals surface area contributed by atoms with Crippen molar-refractivity contribution >= 4 is 9.84 Å². The van der Waals surface area contributed by atoms with Crippen molar-refractivity contribution in [2.75, 3.05) is 11.5 Å². The molecule has 1 aliphatic heterocycles. The fourth-order valence-electron chi connectivity index (χ4n) is 2.03. The monoisotopic (exact) mass is 314 g/mol. The SMILES string of the molecule is CC(C)(C)NCc1ccc(OC2CS(=O)(=O)CC2O)cn1. The van der Waals surface area contributed by atoms with Crippen molar-refractivity contribution < 1.29 is 18.3 Å². The number of aromatic nitrogens is 1. The van der Waals surface area contributed by atoms with Crippen LogP contribution in [0.5, 0.6) is 5.75 Å². The molecule has 0 bridgehead atoms. The van der Waals surface area contributed by atoms with Crippen LogP contribution in [0.4, 0.5) is 0 Å². The van der Waals surface area contributed by atoms with E-state index in [0.717, 1.165) is 5.69 Å². The Labute approximate surface area is 125 Å². The zero-order chi connectivity index (χ0) is 15.7. The van der Waals surface area contributed by atoms with Crippen molar-refractivity contribution in [3.63, 3.8) is 0 Å². The molecule has 6 nitrogen and oxygen atoms in total. The van der Waals surface area contributed by atoms with Crippen LogP contribution >= 0.6 is 0 Å². The number of aliphatic hydroxyl groups excluding tert-OH is 1. The van der Waals surface area contributed by atoms with E-state index in [4.69, 9.17) is 4.74 Å². The van der Waals surface area contributed by atoms with Gasteiger partial charge in [0.1, 0.15) is 18.0 Å². The first-order valence-corrected chi connectivity index (χ1v) is 8.72. The van der Waals surface area contributed by atoms with Gasteiger partial charge in [-0.1, -0.05) is 0 Å². The lowest BCUT2D eigenvalue weighted by atomic mass is 10.1. The number of aliphatic hydroxyl groups is 1. The third kappa shape index (κ3) is 4.94. The molecule has 1 fully saturated rings. The first-order valence-electron chi connectivity index (χ1n) is 6.90. The Bertz CT molecular complexity index is 578. The third-order valence-electron chi connectivity index (χ3n) is 3.16. The highest BCUT2D eigenvalue weighted by Gasteiger charge is 2.38. The minimum Gasteiger partial charge on any atom is -0.485 e. The summed E-state index contributed by atoms with van der Waals surface area (Å²) in [6.07, 6.45) is -0.135. The van der Waals surface area contributed by atoms with Crippen LogP contribution < -0.4 is 10.1 Å². The predicted octanol–water partition coefficient (Wildman–Crippen LogP) is 0.506. The van der Waals surface area contributed by atoms with E-state index in [1.165, 1.54) is 0 Å². The van der Waals surface area contributed by atoms with Gasteiger partial charge >= 0.3 is 0 Å². The Kier molecular flexibility index (Phi) is 4.55. The average Bonchev–Trinajstić information content (AvgIpc) is 2.60. The van der Waals surface area contributed by atoms with Crippen molar-refractivity contribution in [3.05, 3.63) is 24.0 Å². The van der Waals surface area contributed by atoms with E-state index in [-0.39, 0.29) is 17.0 Å². The highest BCUT2D eigenvalue weighted by molar-refractivity contribution is 7.91. The topological polar surface area (TPSA) is 88.5 Å². The van der Waals surface area contributed by atoms with Gasteiger partial charge in [0, 0.05) is 12.1 Å². The van der Waals surface area contributed by atoms with Crippen molar-refractivity contribution in [3.8, 4) is 5.75 Å². The molecule has 118 valence electrons. The largest absolute Gasteiger partial charge is 0.485 e. The summed E-state index contributed by atoms with van der Waals surface area (Å²) in [6, 6.07) is 3.56. The van der Waals surface area contributed by atoms with Gasteiger partial charge in [-0.3, -0.25) is 4.98 Å². The maximum absolute atomic E-state index is 11.4. The van der Waals surface area contributed by atoms with Crippen molar-refractivity contribution in [1.82, 2.24) is 10.3 Å². The molecule has 0 spiro atoms. The molecule has 1 aliphatic rings. The number of nitrogens with one attached hydrogen (secondary N) is 1. The normalized spacial score (nSPS) is 25.0. The Hall–Kier alpha value is -1.18. The summed E-state index contributed by atoms with van der Waals surface area (Å²) in [5, 5.41) is 13.0. The summed E-state index contributed by atoms with van der Waals surface area (Å²) in [7, 11) is -3.20. The molecular formula is C14H22N2O4S. The van der Waals surface area contributed by atoms with Crippen LogP contribution in [0.1, 0.15) is 26.5 Å². The van der Waals surface area contributed by atoms with Crippen molar-refractivity contribution in [2.24, 2.45) is 0 Å². The highest BCUT2D eigenvalue weighted by atomic mass is 32.2. The second-order valence-electron chi connectivity index (χ2n) is 6.39. The van der Waals surface area contributed by atoms with Gasteiger partial charge in [-0.2, -0.15) is 0 Å². The maximum atomic E-state index is 11.4. The second kappa shape index (κ2) is 5.90. The zero-order valence-corrected chi connectivity index (χ0v) is 13.4. The number of pyridine rings is 1. The molecular weight excluding hydrogens is 292 g/mol. The van der Waals surface area contributed by atoms with Gasteiger partial charge in [0.15, 0.2) is 9.84 Å². The van der Waals surface area contributed by atoms with Crippen LogP contribution in [0.3, 0.4) is 0 Å². The summed E-state index contributed by atoms with van der Waals surface area (Å²) >= 11 is 0. The van der Waals surface area contributed by atoms with Crippen molar-refractivity contribution in [2.45, 2.75) is 45.1 Å². The molecule has 21 heavy (non-hydrogen) atoms. The standard InChI is InChI=1S/C14H22N2O4S/c1-14(2,3)16-6-10-4-5-11(7-15-10)20-13-9-21(18,19)8-12(13)17/h4-5,7,12-13,16-17H,6,8-9H2,1-3H3. The van der Waals surface area contributed by atoms with E-state index in [2.05, 4.69) is 31.1 Å². The van der Waals surface area contributed by atoms with Gasteiger partial charge in [0.2, 0.25) is 0 Å². The minimum absolute atomic E-state index is 0.0131. The minimum atomic E-state index is -3.20. The molecule has 0 amide bonds. The number of rotatable bonds is 4.